The van der Waals surface area contributed by atoms with Gasteiger partial charge in [0, 0.05) is 0 Å². The van der Waals surface area contributed by atoms with E-state index in [0.717, 1.165) is 6.33 Å². The molecule has 12 atom stereocenters. The van der Waals surface area contributed by atoms with E-state index in [2.05, 4.69) is 28.3 Å². The van der Waals surface area contributed by atoms with E-state index in [0.29, 0.717) is 0 Å². The van der Waals surface area contributed by atoms with Crippen LogP contribution < -0.4 is 5.73 Å². The number of fused-ring (bicyclic) bond motifs is 1. The number of imidazole rings is 1. The second kappa shape index (κ2) is 11.9. The molecule has 0 spiro atoms. The van der Waals surface area contributed by atoms with Gasteiger partial charge in [-0.1, -0.05) is 0 Å². The van der Waals surface area contributed by atoms with Crippen molar-refractivity contribution in [3.05, 3.63) is 12.7 Å². The molecule has 0 amide bonds. The van der Waals surface area contributed by atoms with Crippen molar-refractivity contribution in [3.63, 3.8) is 0 Å². The Labute approximate surface area is 223 Å². The number of nitrogen functional groups attached to an aromatic ring is 1. The summed E-state index contributed by atoms with van der Waals surface area (Å²) in [6.07, 6.45) is -16.0. The summed E-state index contributed by atoms with van der Waals surface area (Å²) < 4.78 is 49.6. The van der Waals surface area contributed by atoms with E-state index < -0.39 is 90.2 Å². The summed E-state index contributed by atoms with van der Waals surface area (Å²) in [5, 5.41) is 69.3. The number of aliphatic hydroxyl groups excluding tert-OH is 7. The van der Waals surface area contributed by atoms with Gasteiger partial charge in [-0.05, 0) is 0 Å². The fourth-order valence-corrected chi connectivity index (χ4v) is 6.17. The van der Waals surface area contributed by atoms with E-state index in [9.17, 15) is 49.6 Å². The summed E-state index contributed by atoms with van der Waals surface area (Å²) in [6, 6.07) is 0. The fourth-order valence-electron chi connectivity index (χ4n) is 4.01. The molecule has 2 saturated heterocycles. The van der Waals surface area contributed by atoms with Gasteiger partial charge in [-0.15, -0.1) is 0 Å². The van der Waals surface area contributed by atoms with Crippen LogP contribution in [0.3, 0.4) is 0 Å². The van der Waals surface area contributed by atoms with Crippen molar-refractivity contribution in [1.29, 1.82) is 0 Å². The predicted molar refractivity (Wildman–Crippen MR) is 123 cm³/mol. The van der Waals surface area contributed by atoms with Gasteiger partial charge in [-0.3, -0.25) is 13.6 Å². The highest BCUT2D eigenvalue weighted by Gasteiger charge is 2.51. The topological polar surface area (TPSA) is 332 Å². The van der Waals surface area contributed by atoms with Gasteiger partial charge in [0.05, 0.1) is 19.5 Å². The molecule has 4 heterocycles. The number of hydrogen-bond acceptors (Lipinski definition) is 18. The molecule has 40 heavy (non-hydrogen) atoms. The maximum atomic E-state index is 12.3. The van der Waals surface area contributed by atoms with Crippen LogP contribution in [-0.2, 0) is 32.0 Å². The first-order valence-corrected chi connectivity index (χ1v) is 14.3. The first kappa shape index (κ1) is 31.2. The summed E-state index contributed by atoms with van der Waals surface area (Å²) >= 11 is 0. The molecule has 21 nitrogen and oxygen atoms in total. The Bertz CT molecular complexity index is 1290. The van der Waals surface area contributed by atoms with E-state index in [4.69, 9.17) is 20.3 Å². The van der Waals surface area contributed by atoms with Crippen LogP contribution in [0.15, 0.2) is 12.7 Å². The first-order chi connectivity index (χ1) is 18.7. The van der Waals surface area contributed by atoms with Crippen molar-refractivity contribution < 1.29 is 77.5 Å². The van der Waals surface area contributed by atoms with Crippen molar-refractivity contribution >= 4 is 32.6 Å². The number of aromatic nitrogens is 4. The number of anilines is 1. The average Bonchev–Trinajstić information content (AvgIpc) is 3.43. The van der Waals surface area contributed by atoms with Gasteiger partial charge >= 0.3 is 15.6 Å². The quantitative estimate of drug-likeness (QED) is 0.112. The second-order valence-electron chi connectivity index (χ2n) is 8.74. The lowest BCUT2D eigenvalue weighted by molar-refractivity contribution is -0.292. The van der Waals surface area contributed by atoms with Gasteiger partial charge in [0.2, 0.25) is 0 Å². The van der Waals surface area contributed by atoms with E-state index in [1.807, 2.05) is 0 Å². The molecule has 4 rings (SSSR count). The Morgan fingerprint density at radius 2 is 1.68 bits per heavy atom. The standard InChI is InChI=1S/C17H27N5O16P2/c18-14-7-15(20-3-19-14)22(4-21-7)16-11(28)8(25)6(35-16)2-34-39(30,31)38-40(32,33)37-17-12(29)9(26)10(27)13(36-17)5(24)1-23/h3-6,8-13,16-17,23-29H,1-2H2,(H,30,31)(H,32,33)(H2,18,19,20)/t5-,6-,8-,9+,10+,11-,12+,13-,16-,17-/m1/s1. The van der Waals surface area contributed by atoms with E-state index >= 15 is 0 Å². The molecule has 23 heteroatoms. The lowest BCUT2D eigenvalue weighted by Crippen LogP contribution is -2.61. The molecule has 2 fully saturated rings. The molecule has 0 saturated carbocycles. The van der Waals surface area contributed by atoms with Gasteiger partial charge < -0.3 is 60.7 Å². The van der Waals surface area contributed by atoms with Gasteiger partial charge in [-0.25, -0.2) is 24.1 Å². The zero-order chi connectivity index (χ0) is 29.6. The summed E-state index contributed by atoms with van der Waals surface area (Å²) in [7, 11) is -11.2. The molecule has 0 aliphatic carbocycles. The maximum Gasteiger partial charge on any atom is 0.483 e. The molecule has 2 unspecified atom stereocenters. The second-order valence-corrected chi connectivity index (χ2v) is 11.7. The lowest BCUT2D eigenvalue weighted by atomic mass is 9.96. The number of ether oxygens (including phenoxy) is 2. The van der Waals surface area contributed by atoms with Crippen LogP contribution in [0.2, 0.25) is 0 Å². The molecule has 0 bridgehead atoms. The summed E-state index contributed by atoms with van der Waals surface area (Å²) in [6.45, 7) is -1.95. The van der Waals surface area contributed by atoms with Crippen LogP contribution in [0, 0.1) is 0 Å². The Kier molecular flexibility index (Phi) is 9.25. The molecular weight excluding hydrogens is 592 g/mol. The number of phosphoric ester groups is 2. The Hall–Kier alpha value is -1.75. The van der Waals surface area contributed by atoms with Crippen LogP contribution in [0.1, 0.15) is 6.23 Å². The highest BCUT2D eigenvalue weighted by molar-refractivity contribution is 7.61. The Morgan fingerprint density at radius 3 is 2.35 bits per heavy atom. The molecular formula is C17H27N5O16P2. The number of nitrogens with two attached hydrogens (primary N) is 1. The van der Waals surface area contributed by atoms with Crippen LogP contribution >= 0.6 is 15.6 Å². The largest absolute Gasteiger partial charge is 0.483 e. The first-order valence-electron chi connectivity index (χ1n) is 11.3. The van der Waals surface area contributed by atoms with Crippen molar-refractivity contribution in [2.24, 2.45) is 0 Å². The van der Waals surface area contributed by atoms with Crippen LogP contribution in [0.5, 0.6) is 0 Å². The van der Waals surface area contributed by atoms with Crippen LogP contribution in [0.25, 0.3) is 11.2 Å². The zero-order valence-corrected chi connectivity index (χ0v) is 21.8. The monoisotopic (exact) mass is 619 g/mol. The highest BCUT2D eigenvalue weighted by Crippen LogP contribution is 2.61. The van der Waals surface area contributed by atoms with Crippen LogP contribution in [-0.4, -0.2) is 133 Å². The van der Waals surface area contributed by atoms with E-state index in [1.54, 1.807) is 0 Å². The number of phosphoric acid groups is 2. The lowest BCUT2D eigenvalue weighted by Gasteiger charge is -2.41. The summed E-state index contributed by atoms with van der Waals surface area (Å²) in [5.74, 6) is 0.0302. The van der Waals surface area contributed by atoms with Crippen molar-refractivity contribution in [1.82, 2.24) is 19.5 Å². The van der Waals surface area contributed by atoms with Crippen molar-refractivity contribution in [2.75, 3.05) is 18.9 Å². The van der Waals surface area contributed by atoms with E-state index in [1.165, 1.54) is 10.9 Å². The molecule has 0 aromatic carbocycles. The Balaban J connectivity index is 1.38. The van der Waals surface area contributed by atoms with Gasteiger partial charge in [0.1, 0.15) is 60.7 Å². The third kappa shape index (κ3) is 6.35. The third-order valence-electron chi connectivity index (χ3n) is 6.02. The Morgan fingerprint density at radius 1 is 0.975 bits per heavy atom. The molecule has 2 aromatic heterocycles. The summed E-state index contributed by atoms with van der Waals surface area (Å²) in [4.78, 5) is 31.6. The van der Waals surface area contributed by atoms with Gasteiger partial charge in [-0.2, -0.15) is 4.31 Å². The van der Waals surface area contributed by atoms with E-state index in [-0.39, 0.29) is 17.0 Å². The minimum atomic E-state index is -5.65. The van der Waals surface area contributed by atoms with Gasteiger partial charge in [0.25, 0.3) is 0 Å². The SMILES string of the molecule is Nc1ncnc2c1ncn2[C@@H]1O[C@H](COP(=O)(O)OP(=O)(O)O[C@H]2O[C@H]([C@H](O)CO)[C@@H](O)[C@H](O)[C@@H]2O)[C@@H](O)[C@H]1O. The number of rotatable bonds is 10. The normalized spacial score (nSPS) is 36.8. The average molecular weight is 619 g/mol. The number of nitrogens with zero attached hydrogens (tertiary/aromatic N) is 4. The highest BCUT2D eigenvalue weighted by atomic mass is 31.3. The van der Waals surface area contributed by atoms with Crippen molar-refractivity contribution in [2.45, 2.75) is 61.3 Å². The number of hydrogen-bond donors (Lipinski definition) is 10. The molecule has 226 valence electrons. The molecule has 2 aromatic rings. The summed E-state index contributed by atoms with van der Waals surface area (Å²) in [5.41, 5.74) is 6.03. The molecule has 2 aliphatic heterocycles. The third-order valence-corrected chi connectivity index (χ3v) is 8.62. The zero-order valence-electron chi connectivity index (χ0n) is 20.0. The minimum absolute atomic E-state index is 0.0302. The minimum Gasteiger partial charge on any atom is -0.394 e. The van der Waals surface area contributed by atoms with Gasteiger partial charge in [0.15, 0.2) is 24.0 Å². The molecule has 0 radical (unpaired) electrons. The maximum absolute atomic E-state index is 12.3. The predicted octanol–water partition coefficient (Wildman–Crippen LogP) is -4.56. The van der Waals surface area contributed by atoms with Crippen molar-refractivity contribution in [3.8, 4) is 0 Å². The number of aliphatic hydroxyl groups is 7. The smallest absolute Gasteiger partial charge is 0.394 e. The molecule has 2 aliphatic rings. The molecule has 11 N–H and O–H groups in total. The fraction of sp³-hybridized carbons (Fsp3) is 0.706. The van der Waals surface area contributed by atoms with Crippen LogP contribution in [0.4, 0.5) is 5.82 Å².